The first kappa shape index (κ1) is 16.1. The third kappa shape index (κ3) is 3.30. The fourth-order valence-electron chi connectivity index (χ4n) is 1.89. The Hall–Kier alpha value is -2.30. The van der Waals surface area contributed by atoms with Crippen molar-refractivity contribution in [3.05, 3.63) is 65.2 Å². The summed E-state index contributed by atoms with van der Waals surface area (Å²) < 4.78 is 51.9. The smallest absolute Gasteiger partial charge is 0.207 e. The number of nitrogens with zero attached hydrogens (tertiary/aromatic N) is 2. The summed E-state index contributed by atoms with van der Waals surface area (Å²) in [5, 5.41) is 8.82. The van der Waals surface area contributed by atoms with Crippen LogP contribution in [0.5, 0.6) is 0 Å². The molecular formula is C15H12F2N2O2S. The minimum atomic E-state index is -3.83. The standard InChI is InChI=1S/C15H12F2N2O2S/c1-19(10-12-5-6-14(16)15(17)8-12)22(20,21)13-4-2-3-11(7-13)9-18/h2-8H,10H2,1H3. The van der Waals surface area contributed by atoms with Gasteiger partial charge in [-0.1, -0.05) is 12.1 Å². The summed E-state index contributed by atoms with van der Waals surface area (Å²) in [6.07, 6.45) is 0. The van der Waals surface area contributed by atoms with Crippen LogP contribution in [0.25, 0.3) is 0 Å². The van der Waals surface area contributed by atoms with Crippen LogP contribution >= 0.6 is 0 Å². The zero-order chi connectivity index (χ0) is 16.3. The highest BCUT2D eigenvalue weighted by molar-refractivity contribution is 7.89. The number of nitriles is 1. The molecule has 2 aromatic carbocycles. The van der Waals surface area contributed by atoms with E-state index in [9.17, 15) is 17.2 Å². The van der Waals surface area contributed by atoms with Gasteiger partial charge in [0.2, 0.25) is 10.0 Å². The maximum Gasteiger partial charge on any atom is 0.243 e. The number of sulfonamides is 1. The molecule has 0 unspecified atom stereocenters. The Morgan fingerprint density at radius 1 is 1.14 bits per heavy atom. The molecule has 4 nitrogen and oxygen atoms in total. The maximum absolute atomic E-state index is 13.2. The van der Waals surface area contributed by atoms with E-state index in [0.717, 1.165) is 16.4 Å². The van der Waals surface area contributed by atoms with Crippen molar-refractivity contribution in [1.29, 1.82) is 5.26 Å². The van der Waals surface area contributed by atoms with Crippen LogP contribution in [0.2, 0.25) is 0 Å². The zero-order valence-corrected chi connectivity index (χ0v) is 12.4. The maximum atomic E-state index is 13.2. The van der Waals surface area contributed by atoms with Gasteiger partial charge in [-0.15, -0.1) is 0 Å². The second kappa shape index (κ2) is 6.22. The molecule has 0 atom stereocenters. The molecule has 0 saturated heterocycles. The van der Waals surface area contributed by atoms with Gasteiger partial charge < -0.3 is 0 Å². The van der Waals surface area contributed by atoms with Gasteiger partial charge in [-0.2, -0.15) is 9.57 Å². The predicted octanol–water partition coefficient (Wildman–Crippen LogP) is 2.66. The Morgan fingerprint density at radius 2 is 1.86 bits per heavy atom. The molecular weight excluding hydrogens is 310 g/mol. The van der Waals surface area contributed by atoms with Gasteiger partial charge >= 0.3 is 0 Å². The molecule has 0 aliphatic rings. The summed E-state index contributed by atoms with van der Waals surface area (Å²) in [7, 11) is -2.50. The molecule has 0 aromatic heterocycles. The average molecular weight is 322 g/mol. The molecule has 114 valence electrons. The lowest BCUT2D eigenvalue weighted by atomic mass is 10.2. The Bertz CT molecular complexity index is 845. The number of hydrogen-bond donors (Lipinski definition) is 0. The van der Waals surface area contributed by atoms with E-state index in [-0.39, 0.29) is 17.0 Å². The van der Waals surface area contributed by atoms with Crippen LogP contribution in [0.15, 0.2) is 47.4 Å². The lowest BCUT2D eigenvalue weighted by Crippen LogP contribution is -2.26. The Kier molecular flexibility index (Phi) is 4.54. The molecule has 0 aliphatic heterocycles. The first-order chi connectivity index (χ1) is 10.3. The Morgan fingerprint density at radius 3 is 2.50 bits per heavy atom. The van der Waals surface area contributed by atoms with E-state index in [1.165, 1.54) is 37.4 Å². The monoisotopic (exact) mass is 322 g/mol. The molecule has 0 N–H and O–H groups in total. The van der Waals surface area contributed by atoms with Gasteiger partial charge in [0.05, 0.1) is 16.5 Å². The highest BCUT2D eigenvalue weighted by Crippen LogP contribution is 2.18. The fourth-order valence-corrected chi connectivity index (χ4v) is 3.09. The molecule has 0 spiro atoms. The molecule has 2 rings (SSSR count). The van der Waals surface area contributed by atoms with Crippen molar-refractivity contribution in [2.45, 2.75) is 11.4 Å². The summed E-state index contributed by atoms with van der Waals surface area (Å²) in [5.41, 5.74) is 0.545. The largest absolute Gasteiger partial charge is 0.243 e. The third-order valence-corrected chi connectivity index (χ3v) is 4.86. The fraction of sp³-hybridized carbons (Fsp3) is 0.133. The van der Waals surface area contributed by atoms with E-state index in [1.807, 2.05) is 6.07 Å². The first-order valence-electron chi connectivity index (χ1n) is 6.25. The summed E-state index contributed by atoms with van der Waals surface area (Å²) in [4.78, 5) is -0.0309. The lowest BCUT2D eigenvalue weighted by molar-refractivity contribution is 0.462. The topological polar surface area (TPSA) is 61.2 Å². The SMILES string of the molecule is CN(Cc1ccc(F)c(F)c1)S(=O)(=O)c1cccc(C#N)c1. The number of halogens is 2. The van der Waals surface area contributed by atoms with Crippen LogP contribution in [0.4, 0.5) is 8.78 Å². The minimum Gasteiger partial charge on any atom is -0.207 e. The van der Waals surface area contributed by atoms with Crippen molar-refractivity contribution in [3.8, 4) is 6.07 Å². The van der Waals surface area contributed by atoms with Crippen molar-refractivity contribution in [1.82, 2.24) is 4.31 Å². The summed E-state index contributed by atoms with van der Waals surface area (Å²) in [5.74, 6) is -2.02. The molecule has 0 radical (unpaired) electrons. The van der Waals surface area contributed by atoms with Gasteiger partial charge in [-0.3, -0.25) is 0 Å². The lowest BCUT2D eigenvalue weighted by Gasteiger charge is -2.17. The van der Waals surface area contributed by atoms with Gasteiger partial charge in [-0.25, -0.2) is 17.2 Å². The number of benzene rings is 2. The van der Waals surface area contributed by atoms with Crippen molar-refractivity contribution < 1.29 is 17.2 Å². The van der Waals surface area contributed by atoms with E-state index in [0.29, 0.717) is 5.56 Å². The van der Waals surface area contributed by atoms with E-state index in [1.54, 1.807) is 0 Å². The first-order valence-corrected chi connectivity index (χ1v) is 7.69. The van der Waals surface area contributed by atoms with Crippen LogP contribution in [-0.4, -0.2) is 19.8 Å². The minimum absolute atomic E-state index is 0.0309. The van der Waals surface area contributed by atoms with Gasteiger partial charge in [0.25, 0.3) is 0 Å². The van der Waals surface area contributed by atoms with E-state index < -0.39 is 21.7 Å². The molecule has 0 fully saturated rings. The normalized spacial score (nSPS) is 11.4. The third-order valence-electron chi connectivity index (χ3n) is 3.06. The van der Waals surface area contributed by atoms with E-state index in [4.69, 9.17) is 5.26 Å². The van der Waals surface area contributed by atoms with Crippen LogP contribution in [0.1, 0.15) is 11.1 Å². The van der Waals surface area contributed by atoms with Gasteiger partial charge in [-0.05, 0) is 35.9 Å². The van der Waals surface area contributed by atoms with Gasteiger partial charge in [0.1, 0.15) is 0 Å². The number of hydrogen-bond acceptors (Lipinski definition) is 3. The molecule has 2 aromatic rings. The van der Waals surface area contributed by atoms with E-state index in [2.05, 4.69) is 0 Å². The average Bonchev–Trinajstić information content (AvgIpc) is 2.51. The van der Waals surface area contributed by atoms with E-state index >= 15 is 0 Å². The quantitative estimate of drug-likeness (QED) is 0.869. The van der Waals surface area contributed by atoms with Crippen molar-refractivity contribution in [3.63, 3.8) is 0 Å². The van der Waals surface area contributed by atoms with Gasteiger partial charge in [0, 0.05) is 13.6 Å². The van der Waals surface area contributed by atoms with Crippen LogP contribution in [0.3, 0.4) is 0 Å². The Labute approximate surface area is 127 Å². The zero-order valence-electron chi connectivity index (χ0n) is 11.6. The molecule has 0 heterocycles. The highest BCUT2D eigenvalue weighted by atomic mass is 32.2. The molecule has 7 heteroatoms. The second-order valence-electron chi connectivity index (χ2n) is 4.65. The molecule has 22 heavy (non-hydrogen) atoms. The summed E-state index contributed by atoms with van der Waals surface area (Å²) in [6.45, 7) is -0.115. The number of rotatable bonds is 4. The molecule has 0 amide bonds. The summed E-state index contributed by atoms with van der Waals surface area (Å²) >= 11 is 0. The Balaban J connectivity index is 2.28. The van der Waals surface area contributed by atoms with Crippen LogP contribution in [-0.2, 0) is 16.6 Å². The van der Waals surface area contributed by atoms with Gasteiger partial charge in [0.15, 0.2) is 11.6 Å². The van der Waals surface area contributed by atoms with Crippen LogP contribution < -0.4 is 0 Å². The molecule has 0 aliphatic carbocycles. The van der Waals surface area contributed by atoms with Crippen molar-refractivity contribution in [2.24, 2.45) is 0 Å². The second-order valence-corrected chi connectivity index (χ2v) is 6.69. The highest BCUT2D eigenvalue weighted by Gasteiger charge is 2.21. The van der Waals surface area contributed by atoms with Crippen molar-refractivity contribution in [2.75, 3.05) is 7.05 Å². The molecule has 0 bridgehead atoms. The van der Waals surface area contributed by atoms with Crippen LogP contribution in [0, 0.1) is 23.0 Å². The molecule has 0 saturated carbocycles. The van der Waals surface area contributed by atoms with Crippen molar-refractivity contribution >= 4 is 10.0 Å². The summed E-state index contributed by atoms with van der Waals surface area (Å²) in [6, 6.07) is 10.7. The predicted molar refractivity (Wildman–Crippen MR) is 76.2 cm³/mol.